The summed E-state index contributed by atoms with van der Waals surface area (Å²) < 4.78 is 5.76. The van der Waals surface area contributed by atoms with Crippen molar-refractivity contribution in [1.29, 1.82) is 0 Å². The lowest BCUT2D eigenvalue weighted by atomic mass is 10.1. The molecule has 4 heteroatoms. The topological polar surface area (TPSA) is 78.3 Å². The molecule has 0 heterocycles. The van der Waals surface area contributed by atoms with E-state index in [1.165, 1.54) is 0 Å². The van der Waals surface area contributed by atoms with E-state index in [-0.39, 0.29) is 0 Å². The van der Waals surface area contributed by atoms with Crippen LogP contribution in [0.1, 0.15) is 21.5 Å². The van der Waals surface area contributed by atoms with Crippen molar-refractivity contribution in [2.45, 2.75) is 13.8 Å². The molecule has 2 rings (SSSR count). The van der Waals surface area contributed by atoms with E-state index in [0.29, 0.717) is 22.7 Å². The minimum atomic E-state index is -0.542. The molecule has 0 atom stereocenters. The first-order chi connectivity index (χ1) is 8.97. The summed E-state index contributed by atoms with van der Waals surface area (Å²) in [7, 11) is 0. The fraction of sp³-hybridized carbons (Fsp3) is 0.133. The van der Waals surface area contributed by atoms with Gasteiger partial charge in [-0.15, -0.1) is 0 Å². The van der Waals surface area contributed by atoms with Crippen LogP contribution in [-0.2, 0) is 0 Å². The molecule has 0 saturated heterocycles. The summed E-state index contributed by atoms with van der Waals surface area (Å²) in [6, 6.07) is 10.6. The summed E-state index contributed by atoms with van der Waals surface area (Å²) in [5.41, 5.74) is 14.0. The highest BCUT2D eigenvalue weighted by Gasteiger charge is 2.11. The smallest absolute Gasteiger partial charge is 0.252 e. The van der Waals surface area contributed by atoms with Crippen molar-refractivity contribution < 1.29 is 9.53 Å². The number of primary amides is 1. The van der Waals surface area contributed by atoms with Gasteiger partial charge in [-0.1, -0.05) is 17.7 Å². The average Bonchev–Trinajstić information content (AvgIpc) is 2.32. The monoisotopic (exact) mass is 256 g/mol. The van der Waals surface area contributed by atoms with Gasteiger partial charge in [0, 0.05) is 11.8 Å². The normalized spacial score (nSPS) is 10.2. The van der Waals surface area contributed by atoms with Gasteiger partial charge in [0.15, 0.2) is 0 Å². The third kappa shape index (κ3) is 2.85. The van der Waals surface area contributed by atoms with Crippen molar-refractivity contribution in [3.63, 3.8) is 0 Å². The highest BCUT2D eigenvalue weighted by atomic mass is 16.5. The Labute approximate surface area is 112 Å². The van der Waals surface area contributed by atoms with Crippen molar-refractivity contribution in [3.05, 3.63) is 53.1 Å². The molecule has 0 unspecified atom stereocenters. The van der Waals surface area contributed by atoms with Crippen LogP contribution in [0.25, 0.3) is 0 Å². The molecule has 4 N–H and O–H groups in total. The first-order valence-corrected chi connectivity index (χ1v) is 5.92. The van der Waals surface area contributed by atoms with Gasteiger partial charge in [0.2, 0.25) is 0 Å². The average molecular weight is 256 g/mol. The molecule has 4 nitrogen and oxygen atoms in total. The largest absolute Gasteiger partial charge is 0.456 e. The zero-order valence-electron chi connectivity index (χ0n) is 10.9. The lowest BCUT2D eigenvalue weighted by Crippen LogP contribution is -2.12. The summed E-state index contributed by atoms with van der Waals surface area (Å²) in [6.07, 6.45) is 0. The van der Waals surface area contributed by atoms with E-state index in [0.717, 1.165) is 11.1 Å². The molecule has 0 aliphatic heterocycles. The van der Waals surface area contributed by atoms with E-state index in [4.69, 9.17) is 16.2 Å². The number of aryl methyl sites for hydroxylation is 2. The lowest BCUT2D eigenvalue weighted by molar-refractivity contribution is 0.0998. The van der Waals surface area contributed by atoms with E-state index in [1.807, 2.05) is 32.0 Å². The van der Waals surface area contributed by atoms with Gasteiger partial charge >= 0.3 is 0 Å². The molecular weight excluding hydrogens is 240 g/mol. The summed E-state index contributed by atoms with van der Waals surface area (Å²) in [5, 5.41) is 0. The van der Waals surface area contributed by atoms with Crippen LogP contribution in [0.2, 0.25) is 0 Å². The fourth-order valence-corrected chi connectivity index (χ4v) is 1.86. The highest BCUT2D eigenvalue weighted by molar-refractivity contribution is 5.96. The Balaban J connectivity index is 2.42. The Hall–Kier alpha value is -2.49. The van der Waals surface area contributed by atoms with Crippen molar-refractivity contribution in [1.82, 2.24) is 0 Å². The second kappa shape index (κ2) is 5.02. The van der Waals surface area contributed by atoms with Gasteiger partial charge < -0.3 is 16.2 Å². The Bertz CT molecular complexity index is 636. The number of anilines is 1. The van der Waals surface area contributed by atoms with Crippen LogP contribution in [-0.4, -0.2) is 5.91 Å². The van der Waals surface area contributed by atoms with Crippen molar-refractivity contribution in [2.75, 3.05) is 5.73 Å². The van der Waals surface area contributed by atoms with Gasteiger partial charge in [0.05, 0.1) is 5.56 Å². The minimum Gasteiger partial charge on any atom is -0.456 e. The molecule has 0 aliphatic rings. The number of rotatable bonds is 3. The summed E-state index contributed by atoms with van der Waals surface area (Å²) in [5.74, 6) is 0.512. The molecule has 0 saturated carbocycles. The maximum atomic E-state index is 11.4. The number of amides is 1. The molecule has 98 valence electrons. The predicted molar refractivity (Wildman–Crippen MR) is 75.4 cm³/mol. The lowest BCUT2D eigenvalue weighted by Gasteiger charge is -2.12. The second-order valence-corrected chi connectivity index (χ2v) is 4.49. The van der Waals surface area contributed by atoms with Crippen LogP contribution in [0.3, 0.4) is 0 Å². The Morgan fingerprint density at radius 1 is 1.05 bits per heavy atom. The SMILES string of the molecule is Cc1ccc(Oc2cc(N)ccc2C(N)=O)c(C)c1. The molecule has 0 aromatic heterocycles. The molecule has 0 aliphatic carbocycles. The number of hydrogen-bond donors (Lipinski definition) is 2. The number of hydrogen-bond acceptors (Lipinski definition) is 3. The van der Waals surface area contributed by atoms with E-state index in [2.05, 4.69) is 0 Å². The molecule has 1 amide bonds. The van der Waals surface area contributed by atoms with Crippen LogP contribution >= 0.6 is 0 Å². The molecule has 2 aromatic rings. The third-order valence-electron chi connectivity index (χ3n) is 2.82. The zero-order valence-corrected chi connectivity index (χ0v) is 10.9. The summed E-state index contributed by atoms with van der Waals surface area (Å²) in [4.78, 5) is 11.4. The fourth-order valence-electron chi connectivity index (χ4n) is 1.86. The molecule has 0 spiro atoms. The van der Waals surface area contributed by atoms with Gasteiger partial charge in [-0.3, -0.25) is 4.79 Å². The molecular formula is C15H16N2O2. The summed E-state index contributed by atoms with van der Waals surface area (Å²) in [6.45, 7) is 3.95. The predicted octanol–water partition coefficient (Wildman–Crippen LogP) is 2.78. The number of nitrogens with two attached hydrogens (primary N) is 2. The summed E-state index contributed by atoms with van der Waals surface area (Å²) >= 11 is 0. The second-order valence-electron chi connectivity index (χ2n) is 4.49. The molecule has 0 fully saturated rings. The van der Waals surface area contributed by atoms with Gasteiger partial charge in [-0.05, 0) is 37.6 Å². The molecule has 0 radical (unpaired) electrons. The number of benzene rings is 2. The van der Waals surface area contributed by atoms with Gasteiger partial charge in [-0.25, -0.2) is 0 Å². The van der Waals surface area contributed by atoms with Crippen LogP contribution in [0, 0.1) is 13.8 Å². The first kappa shape index (κ1) is 13.0. The van der Waals surface area contributed by atoms with E-state index >= 15 is 0 Å². The Morgan fingerprint density at radius 2 is 1.79 bits per heavy atom. The highest BCUT2D eigenvalue weighted by Crippen LogP contribution is 2.29. The van der Waals surface area contributed by atoms with Crippen molar-refractivity contribution in [3.8, 4) is 11.5 Å². The Morgan fingerprint density at radius 3 is 2.42 bits per heavy atom. The number of carbonyl (C=O) groups is 1. The van der Waals surface area contributed by atoms with Crippen LogP contribution < -0.4 is 16.2 Å². The van der Waals surface area contributed by atoms with Gasteiger partial charge in [0.25, 0.3) is 5.91 Å². The van der Waals surface area contributed by atoms with E-state index in [9.17, 15) is 4.79 Å². The molecule has 2 aromatic carbocycles. The van der Waals surface area contributed by atoms with E-state index in [1.54, 1.807) is 18.2 Å². The van der Waals surface area contributed by atoms with Crippen molar-refractivity contribution in [2.24, 2.45) is 5.73 Å². The number of carbonyl (C=O) groups excluding carboxylic acids is 1. The molecule has 0 bridgehead atoms. The van der Waals surface area contributed by atoms with E-state index < -0.39 is 5.91 Å². The zero-order chi connectivity index (χ0) is 14.0. The Kier molecular flexibility index (Phi) is 3.42. The van der Waals surface area contributed by atoms with Crippen molar-refractivity contribution >= 4 is 11.6 Å². The maximum absolute atomic E-state index is 11.4. The number of ether oxygens (including phenoxy) is 1. The van der Waals surface area contributed by atoms with Crippen LogP contribution in [0.5, 0.6) is 11.5 Å². The standard InChI is InChI=1S/C15H16N2O2/c1-9-3-6-13(10(2)7-9)19-14-8-11(16)4-5-12(14)15(17)18/h3-8H,16H2,1-2H3,(H2,17,18). The number of nitrogen functional groups attached to an aromatic ring is 1. The van der Waals surface area contributed by atoms with Crippen LogP contribution in [0.15, 0.2) is 36.4 Å². The minimum absolute atomic E-state index is 0.314. The molecule has 19 heavy (non-hydrogen) atoms. The first-order valence-electron chi connectivity index (χ1n) is 5.92. The third-order valence-corrected chi connectivity index (χ3v) is 2.82. The maximum Gasteiger partial charge on any atom is 0.252 e. The van der Waals surface area contributed by atoms with Gasteiger partial charge in [-0.2, -0.15) is 0 Å². The quantitative estimate of drug-likeness (QED) is 0.829. The van der Waals surface area contributed by atoms with Crippen LogP contribution in [0.4, 0.5) is 5.69 Å². The van der Waals surface area contributed by atoms with Gasteiger partial charge in [0.1, 0.15) is 11.5 Å².